The third-order valence-electron chi connectivity index (χ3n) is 2.67. The molecule has 0 aromatic carbocycles. The molecule has 0 radical (unpaired) electrons. The van der Waals surface area contributed by atoms with Gasteiger partial charge in [0, 0.05) is 20.2 Å². The van der Waals surface area contributed by atoms with Gasteiger partial charge in [0.25, 0.3) is 5.91 Å². The molecule has 1 amide bonds. The normalized spacial score (nSPS) is 10.5. The average molecular weight is 240 g/mol. The zero-order chi connectivity index (χ0) is 12.8. The summed E-state index contributed by atoms with van der Waals surface area (Å²) in [5, 5.41) is 6.77. The number of nitrogens with two attached hydrogens (primary N) is 1. The summed E-state index contributed by atoms with van der Waals surface area (Å²) in [5.41, 5.74) is 7.42. The van der Waals surface area contributed by atoms with Gasteiger partial charge >= 0.3 is 0 Å². The first-order chi connectivity index (χ1) is 8.15. The molecule has 96 valence electrons. The Morgan fingerprint density at radius 3 is 2.71 bits per heavy atom. The van der Waals surface area contributed by atoms with Crippen molar-refractivity contribution >= 4 is 11.6 Å². The summed E-state index contributed by atoms with van der Waals surface area (Å²) in [5.74, 6) is -0.155. The zero-order valence-electron chi connectivity index (χ0n) is 10.6. The molecule has 1 rings (SSSR count). The highest BCUT2D eigenvalue weighted by atomic mass is 16.5. The van der Waals surface area contributed by atoms with Gasteiger partial charge in [-0.15, -0.1) is 0 Å². The van der Waals surface area contributed by atoms with Gasteiger partial charge in [0.2, 0.25) is 0 Å². The van der Waals surface area contributed by atoms with E-state index < -0.39 is 0 Å². The maximum Gasteiger partial charge on any atom is 0.276 e. The fourth-order valence-electron chi connectivity index (χ4n) is 1.57. The molecule has 0 atom stereocenters. The first kappa shape index (κ1) is 13.5. The number of aryl methyl sites for hydroxylation is 1. The first-order valence-electron chi connectivity index (χ1n) is 5.76. The topological polar surface area (TPSA) is 84.2 Å². The summed E-state index contributed by atoms with van der Waals surface area (Å²) in [6.45, 7) is 5.53. The van der Waals surface area contributed by atoms with E-state index in [4.69, 9.17) is 10.5 Å². The minimum atomic E-state index is -0.155. The maximum absolute atomic E-state index is 12.1. The van der Waals surface area contributed by atoms with E-state index in [0.717, 1.165) is 12.1 Å². The van der Waals surface area contributed by atoms with Crippen molar-refractivity contribution in [3.63, 3.8) is 0 Å². The highest BCUT2D eigenvalue weighted by molar-refractivity contribution is 5.97. The van der Waals surface area contributed by atoms with Gasteiger partial charge in [-0.05, 0) is 13.3 Å². The number of methoxy groups -OCH3 is 1. The minimum Gasteiger partial charge on any atom is -0.395 e. The predicted octanol–water partition coefficient (Wildman–Crippen LogP) is 0.663. The number of nitrogen functional groups attached to an aromatic ring is 1. The number of rotatable bonds is 6. The molecule has 0 bridgehead atoms. The number of carbonyl (C=O) groups is 1. The van der Waals surface area contributed by atoms with Crippen molar-refractivity contribution in [3.8, 4) is 0 Å². The Bertz CT molecular complexity index is 376. The molecule has 17 heavy (non-hydrogen) atoms. The minimum absolute atomic E-state index is 0.155. The van der Waals surface area contributed by atoms with Crippen LogP contribution in [-0.4, -0.2) is 47.8 Å². The average Bonchev–Trinajstić information content (AvgIpc) is 2.71. The Kier molecular flexibility index (Phi) is 4.96. The molecule has 1 aromatic rings. The quantitative estimate of drug-likeness (QED) is 0.765. The van der Waals surface area contributed by atoms with Gasteiger partial charge in [-0.25, -0.2) is 0 Å². The van der Waals surface area contributed by atoms with Crippen LogP contribution in [0, 0.1) is 0 Å². The Balaban J connectivity index is 2.82. The highest BCUT2D eigenvalue weighted by Crippen LogP contribution is 2.16. The lowest BCUT2D eigenvalue weighted by Gasteiger charge is -2.19. The number of likely N-dealkylation sites (N-methyl/N-ethyl adjacent to an activating group) is 1. The molecule has 0 aliphatic carbocycles. The van der Waals surface area contributed by atoms with Gasteiger partial charge in [-0.2, -0.15) is 5.10 Å². The number of anilines is 1. The van der Waals surface area contributed by atoms with Crippen molar-refractivity contribution in [1.29, 1.82) is 0 Å². The molecule has 0 saturated heterocycles. The van der Waals surface area contributed by atoms with Crippen molar-refractivity contribution in [1.82, 2.24) is 15.1 Å². The molecule has 0 unspecified atom stereocenters. The molecule has 1 heterocycles. The van der Waals surface area contributed by atoms with Crippen molar-refractivity contribution in [2.24, 2.45) is 0 Å². The Hall–Kier alpha value is -1.56. The zero-order valence-corrected chi connectivity index (χ0v) is 10.6. The second-order valence-electron chi connectivity index (χ2n) is 3.70. The summed E-state index contributed by atoms with van der Waals surface area (Å²) in [6, 6.07) is 0. The van der Waals surface area contributed by atoms with Crippen LogP contribution >= 0.6 is 0 Å². The van der Waals surface area contributed by atoms with Gasteiger partial charge in [0.1, 0.15) is 0 Å². The molecular formula is C11H20N4O2. The van der Waals surface area contributed by atoms with Crippen LogP contribution in [0.15, 0.2) is 0 Å². The maximum atomic E-state index is 12.1. The predicted molar refractivity (Wildman–Crippen MR) is 65.8 cm³/mol. The van der Waals surface area contributed by atoms with E-state index in [1.54, 1.807) is 12.0 Å². The number of H-pyrrole nitrogens is 1. The van der Waals surface area contributed by atoms with Crippen LogP contribution in [0.2, 0.25) is 0 Å². The molecule has 0 spiro atoms. The number of amides is 1. The Morgan fingerprint density at radius 2 is 2.24 bits per heavy atom. The lowest BCUT2D eigenvalue weighted by molar-refractivity contribution is 0.0701. The summed E-state index contributed by atoms with van der Waals surface area (Å²) in [4.78, 5) is 13.8. The Morgan fingerprint density at radius 1 is 1.53 bits per heavy atom. The fraction of sp³-hybridized carbons (Fsp3) is 0.636. The van der Waals surface area contributed by atoms with Crippen LogP contribution in [-0.2, 0) is 11.2 Å². The lowest BCUT2D eigenvalue weighted by Crippen LogP contribution is -2.34. The Labute approximate surface area is 101 Å². The van der Waals surface area contributed by atoms with E-state index in [1.165, 1.54) is 0 Å². The van der Waals surface area contributed by atoms with Crippen molar-refractivity contribution in [2.75, 3.05) is 32.5 Å². The van der Waals surface area contributed by atoms with Gasteiger partial charge in [-0.1, -0.05) is 6.92 Å². The standard InChI is InChI=1S/C11H20N4O2/c1-4-8-9(12)10(14-13-8)11(16)15(5-2)6-7-17-3/h4-7,12H2,1-3H3,(H,13,14). The fourth-order valence-corrected chi connectivity index (χ4v) is 1.57. The third kappa shape index (κ3) is 2.97. The molecule has 6 nitrogen and oxygen atoms in total. The van der Waals surface area contributed by atoms with E-state index in [0.29, 0.717) is 31.1 Å². The summed E-state index contributed by atoms with van der Waals surface area (Å²) in [6.07, 6.45) is 0.732. The van der Waals surface area contributed by atoms with Crippen LogP contribution in [0.3, 0.4) is 0 Å². The number of carbonyl (C=O) groups excluding carboxylic acids is 1. The highest BCUT2D eigenvalue weighted by Gasteiger charge is 2.21. The molecule has 3 N–H and O–H groups in total. The van der Waals surface area contributed by atoms with Gasteiger partial charge in [0.15, 0.2) is 5.69 Å². The molecule has 6 heteroatoms. The number of aromatic amines is 1. The summed E-state index contributed by atoms with van der Waals surface area (Å²) < 4.78 is 4.96. The number of hydrogen-bond donors (Lipinski definition) is 2. The van der Waals surface area contributed by atoms with Crippen molar-refractivity contribution in [3.05, 3.63) is 11.4 Å². The summed E-state index contributed by atoms with van der Waals surface area (Å²) in [7, 11) is 1.61. The second kappa shape index (κ2) is 6.24. The monoisotopic (exact) mass is 240 g/mol. The largest absolute Gasteiger partial charge is 0.395 e. The van der Waals surface area contributed by atoms with E-state index in [2.05, 4.69) is 10.2 Å². The van der Waals surface area contributed by atoms with E-state index >= 15 is 0 Å². The number of nitrogens with zero attached hydrogens (tertiary/aromatic N) is 2. The van der Waals surface area contributed by atoms with Gasteiger partial charge < -0.3 is 15.4 Å². The van der Waals surface area contributed by atoms with Crippen LogP contribution in [0.5, 0.6) is 0 Å². The number of aromatic nitrogens is 2. The van der Waals surface area contributed by atoms with E-state index in [9.17, 15) is 4.79 Å². The first-order valence-corrected chi connectivity index (χ1v) is 5.76. The molecule has 1 aromatic heterocycles. The van der Waals surface area contributed by atoms with Gasteiger partial charge in [-0.3, -0.25) is 9.89 Å². The lowest BCUT2D eigenvalue weighted by atomic mass is 10.2. The van der Waals surface area contributed by atoms with Crippen molar-refractivity contribution < 1.29 is 9.53 Å². The second-order valence-corrected chi connectivity index (χ2v) is 3.70. The molecular weight excluding hydrogens is 220 g/mol. The number of hydrogen-bond acceptors (Lipinski definition) is 4. The number of nitrogens with one attached hydrogen (secondary N) is 1. The molecule has 0 aliphatic heterocycles. The number of ether oxygens (including phenoxy) is 1. The summed E-state index contributed by atoms with van der Waals surface area (Å²) >= 11 is 0. The van der Waals surface area contributed by atoms with E-state index in [-0.39, 0.29) is 5.91 Å². The SMILES string of the molecule is CCc1[nH]nc(C(=O)N(CC)CCOC)c1N. The molecule has 0 fully saturated rings. The van der Waals surface area contributed by atoms with E-state index in [1.807, 2.05) is 13.8 Å². The molecule has 0 aliphatic rings. The van der Waals surface area contributed by atoms with Crippen LogP contribution < -0.4 is 5.73 Å². The van der Waals surface area contributed by atoms with Crippen molar-refractivity contribution in [2.45, 2.75) is 20.3 Å². The molecule has 0 saturated carbocycles. The van der Waals surface area contributed by atoms with Crippen LogP contribution in [0.25, 0.3) is 0 Å². The van der Waals surface area contributed by atoms with Crippen LogP contribution in [0.1, 0.15) is 30.0 Å². The smallest absolute Gasteiger partial charge is 0.276 e. The van der Waals surface area contributed by atoms with Crippen LogP contribution in [0.4, 0.5) is 5.69 Å². The third-order valence-corrected chi connectivity index (χ3v) is 2.67. The van der Waals surface area contributed by atoms with Gasteiger partial charge in [0.05, 0.1) is 18.0 Å².